The number of anilines is 6. The maximum absolute atomic E-state index is 6.86. The maximum Gasteiger partial charge on any atom is 0.248 e. The van der Waals surface area contributed by atoms with Crippen molar-refractivity contribution >= 4 is 34.1 Å². The smallest absolute Gasteiger partial charge is 0.248 e. The Hall–Kier alpha value is -9.86. The zero-order chi connectivity index (χ0) is 67.0. The Morgan fingerprint density at radius 1 is 0.278 bits per heavy atom. The Balaban J connectivity index is 0.849. The molecule has 0 aliphatic rings. The monoisotopic (exact) mass is 1290 g/mol. The number of para-hydroxylation sites is 2. The fourth-order valence-corrected chi connectivity index (χ4v) is 12.4. The van der Waals surface area contributed by atoms with Crippen LogP contribution in [0, 0.1) is 13.8 Å². The fourth-order valence-electron chi connectivity index (χ4n) is 12.4. The summed E-state index contributed by atoms with van der Waals surface area (Å²) in [7, 11) is 0. The summed E-state index contributed by atoms with van der Waals surface area (Å²) >= 11 is 0. The zero-order valence-electron chi connectivity index (χ0n) is 57.9. The molecule has 97 heavy (non-hydrogen) atoms. The Morgan fingerprint density at radius 3 is 0.907 bits per heavy atom. The van der Waals surface area contributed by atoms with E-state index in [1.807, 2.05) is 12.1 Å². The first-order chi connectivity index (χ1) is 47.8. The summed E-state index contributed by atoms with van der Waals surface area (Å²) in [6.07, 6.45) is 18.0. The van der Waals surface area contributed by atoms with Crippen LogP contribution in [0.15, 0.2) is 235 Å². The van der Waals surface area contributed by atoms with Crippen LogP contribution >= 0.6 is 0 Å². The Bertz CT molecular complexity index is 4150. The molecule has 0 N–H and O–H groups in total. The van der Waals surface area contributed by atoms with Gasteiger partial charge in [-0.1, -0.05) is 220 Å². The van der Waals surface area contributed by atoms with Gasteiger partial charge in [0.15, 0.2) is 0 Å². The van der Waals surface area contributed by atoms with Crippen LogP contribution in [0.2, 0.25) is 0 Å². The van der Waals surface area contributed by atoms with Gasteiger partial charge in [-0.05, 0) is 194 Å². The van der Waals surface area contributed by atoms with Crippen molar-refractivity contribution in [1.82, 2.24) is 10.2 Å². The van der Waals surface area contributed by atoms with Crippen LogP contribution in [0.25, 0.3) is 67.4 Å². The lowest BCUT2D eigenvalue weighted by atomic mass is 9.96. The molecule has 0 unspecified atom stereocenters. The highest BCUT2D eigenvalue weighted by Crippen LogP contribution is 2.45. The lowest BCUT2D eigenvalue weighted by molar-refractivity contribution is 0.296. The first kappa shape index (κ1) is 68.5. The molecule has 9 heteroatoms. The predicted octanol–water partition coefficient (Wildman–Crippen LogP) is 25.5. The normalized spacial score (nSPS) is 11.2. The Kier molecular flexibility index (Phi) is 24.9. The van der Waals surface area contributed by atoms with Gasteiger partial charge in [-0.3, -0.25) is 0 Å². The second-order valence-electron chi connectivity index (χ2n) is 25.5. The minimum atomic E-state index is 0.445. The van der Waals surface area contributed by atoms with Gasteiger partial charge in [0.25, 0.3) is 0 Å². The molecular weight excluding hydrogens is 1190 g/mol. The van der Waals surface area contributed by atoms with Gasteiger partial charge in [-0.2, -0.15) is 0 Å². The molecule has 10 aromatic carbocycles. The van der Waals surface area contributed by atoms with E-state index in [1.54, 1.807) is 0 Å². The fraction of sp³-hybridized carbons (Fsp3) is 0.295. The molecule has 11 aromatic rings. The lowest BCUT2D eigenvalue weighted by Crippen LogP contribution is -2.10. The number of aromatic nitrogens is 2. The molecule has 0 fully saturated rings. The van der Waals surface area contributed by atoms with Crippen molar-refractivity contribution in [1.29, 1.82) is 0 Å². The molecule has 11 rings (SSSR count). The van der Waals surface area contributed by atoms with E-state index in [1.165, 1.54) is 50.5 Å². The molecule has 0 saturated heterocycles. The SMILES string of the molecule is CCCCCCOc1cc(-c2ccc(-c3nnc(-c4ccc(-c5cc(OCCCCCC)c(-c6ccc(N(c7ccccc7)c7ccc(-c8ccc(N(c9ccccc9)c9ccc(C)cc9)cc8)cc7)cc6)cc5OCCCCCC)cc4)o3)cc2)c(OCCCCCC)cc1C. The third-order valence-corrected chi connectivity index (χ3v) is 18.0. The summed E-state index contributed by atoms with van der Waals surface area (Å²) in [6.45, 7) is 15.8. The van der Waals surface area contributed by atoms with Gasteiger partial charge in [-0.15, -0.1) is 10.2 Å². The largest absolute Gasteiger partial charge is 0.493 e. The molecule has 0 bridgehead atoms. The van der Waals surface area contributed by atoms with Crippen LogP contribution < -0.4 is 28.7 Å². The number of rotatable bonds is 36. The first-order valence-electron chi connectivity index (χ1n) is 35.8. The molecule has 0 amide bonds. The number of hydrogen-bond acceptors (Lipinski definition) is 9. The highest BCUT2D eigenvalue weighted by molar-refractivity contribution is 5.85. The van der Waals surface area contributed by atoms with E-state index in [9.17, 15) is 0 Å². The van der Waals surface area contributed by atoms with Crippen molar-refractivity contribution < 1.29 is 23.4 Å². The lowest BCUT2D eigenvalue weighted by Gasteiger charge is -2.26. The van der Waals surface area contributed by atoms with Gasteiger partial charge in [-0.25, -0.2) is 0 Å². The number of benzene rings is 10. The van der Waals surface area contributed by atoms with Crippen LogP contribution in [0.4, 0.5) is 34.1 Å². The van der Waals surface area contributed by atoms with Crippen LogP contribution in [0.1, 0.15) is 142 Å². The molecule has 0 aliphatic heterocycles. The Morgan fingerprint density at radius 2 is 0.557 bits per heavy atom. The number of ether oxygens (including phenoxy) is 4. The van der Waals surface area contributed by atoms with Crippen molar-refractivity contribution in [2.24, 2.45) is 0 Å². The van der Waals surface area contributed by atoms with Crippen molar-refractivity contribution in [3.63, 3.8) is 0 Å². The topological polar surface area (TPSA) is 82.3 Å². The summed E-state index contributed by atoms with van der Waals surface area (Å²) in [5, 5.41) is 9.12. The van der Waals surface area contributed by atoms with E-state index in [2.05, 4.69) is 280 Å². The summed E-state index contributed by atoms with van der Waals surface area (Å²) < 4.78 is 33.0. The van der Waals surface area contributed by atoms with Gasteiger partial charge >= 0.3 is 0 Å². The average molecular weight is 1290 g/mol. The van der Waals surface area contributed by atoms with Crippen LogP contribution in [-0.4, -0.2) is 36.6 Å². The summed E-state index contributed by atoms with van der Waals surface area (Å²) in [6, 6.07) is 81.8. The van der Waals surface area contributed by atoms with E-state index < -0.39 is 0 Å². The molecule has 498 valence electrons. The van der Waals surface area contributed by atoms with Gasteiger partial charge in [0.2, 0.25) is 11.8 Å². The minimum absolute atomic E-state index is 0.445. The molecule has 9 nitrogen and oxygen atoms in total. The van der Waals surface area contributed by atoms with Crippen LogP contribution in [0.5, 0.6) is 23.0 Å². The molecule has 0 aliphatic carbocycles. The number of aryl methyl sites for hydroxylation is 2. The zero-order valence-corrected chi connectivity index (χ0v) is 57.9. The molecule has 0 spiro atoms. The van der Waals surface area contributed by atoms with E-state index >= 15 is 0 Å². The molecule has 0 radical (unpaired) electrons. The Labute approximate surface area is 577 Å². The summed E-state index contributed by atoms with van der Waals surface area (Å²) in [5.74, 6) is 4.30. The second kappa shape index (κ2) is 35.2. The van der Waals surface area contributed by atoms with Crippen LogP contribution in [-0.2, 0) is 0 Å². The molecule has 0 atom stereocenters. The average Bonchev–Trinajstić information content (AvgIpc) is 1.11. The second-order valence-corrected chi connectivity index (χ2v) is 25.5. The quantitative estimate of drug-likeness (QED) is 0.0357. The number of nitrogens with zero attached hydrogens (tertiary/aromatic N) is 4. The number of unbranched alkanes of at least 4 members (excludes halogenated alkanes) is 12. The number of hydrogen-bond donors (Lipinski definition) is 0. The van der Waals surface area contributed by atoms with E-state index in [0.29, 0.717) is 38.2 Å². The van der Waals surface area contributed by atoms with Crippen molar-refractivity contribution in [3.05, 3.63) is 242 Å². The molecule has 1 aromatic heterocycles. The van der Waals surface area contributed by atoms with E-state index in [0.717, 1.165) is 176 Å². The molecule has 1 heterocycles. The van der Waals surface area contributed by atoms with Crippen LogP contribution in [0.3, 0.4) is 0 Å². The van der Waals surface area contributed by atoms with Gasteiger partial charge < -0.3 is 33.2 Å². The van der Waals surface area contributed by atoms with Crippen molar-refractivity contribution in [3.8, 4) is 90.4 Å². The van der Waals surface area contributed by atoms with Crippen molar-refractivity contribution in [2.75, 3.05) is 36.2 Å². The maximum atomic E-state index is 6.86. The van der Waals surface area contributed by atoms with Gasteiger partial charge in [0.1, 0.15) is 23.0 Å². The van der Waals surface area contributed by atoms with Gasteiger partial charge in [0, 0.05) is 61.9 Å². The standard InChI is InChI=1S/C88H96N4O5/c1-7-11-15-25-57-93-83-62-80(84(61-66(83)6)94-58-26-16-12-8-2)69-35-39-72(40-36-69)87-89-90-88(97-87)73-41-37-70(38-42-73)81-63-86(96-60-28-18-14-10-4)82(64-85(81)95-59-27-17-13-9-3)71-47-55-79(56-48-71)92(75-31-23-20-24-32-75)78-53-45-68(46-54-78)67-43-51-77(52-44-67)91(74-29-21-19-22-30-74)76-49-33-65(5)34-50-76/h19-24,29-56,61-64H,7-18,25-28,57-60H2,1-6H3. The minimum Gasteiger partial charge on any atom is -0.493 e. The van der Waals surface area contributed by atoms with E-state index in [-0.39, 0.29) is 0 Å². The summed E-state index contributed by atoms with van der Waals surface area (Å²) in [5.41, 5.74) is 18.8. The molecular formula is C88H96N4O5. The first-order valence-corrected chi connectivity index (χ1v) is 35.8. The highest BCUT2D eigenvalue weighted by atomic mass is 16.5. The van der Waals surface area contributed by atoms with Gasteiger partial charge in [0.05, 0.1) is 26.4 Å². The highest BCUT2D eigenvalue weighted by Gasteiger charge is 2.21. The third kappa shape index (κ3) is 18.2. The molecule has 0 saturated carbocycles. The summed E-state index contributed by atoms with van der Waals surface area (Å²) in [4.78, 5) is 4.62. The van der Waals surface area contributed by atoms with E-state index in [4.69, 9.17) is 23.4 Å². The predicted molar refractivity (Wildman–Crippen MR) is 404 cm³/mol. The van der Waals surface area contributed by atoms with Crippen molar-refractivity contribution in [2.45, 2.75) is 144 Å². The third-order valence-electron chi connectivity index (χ3n) is 18.0.